The van der Waals surface area contributed by atoms with Gasteiger partial charge in [0.15, 0.2) is 11.6 Å². The molecule has 1 aromatic rings. The van der Waals surface area contributed by atoms with Crippen molar-refractivity contribution in [2.45, 2.75) is 18.4 Å². The zero-order valence-corrected chi connectivity index (χ0v) is 7.81. The molecule has 0 unspecified atom stereocenters. The molecule has 0 saturated heterocycles. The highest BCUT2D eigenvalue weighted by molar-refractivity contribution is 5.38. The van der Waals surface area contributed by atoms with E-state index in [1.807, 2.05) is 0 Å². The molecule has 2 N–H and O–H groups in total. The van der Waals surface area contributed by atoms with Gasteiger partial charge in [-0.15, -0.1) is 0 Å². The lowest BCUT2D eigenvalue weighted by molar-refractivity contribution is 0.370. The van der Waals surface area contributed by atoms with E-state index in [-0.39, 0.29) is 5.75 Å². The van der Waals surface area contributed by atoms with Crippen LogP contribution >= 0.6 is 0 Å². The molecule has 4 heteroatoms. The monoisotopic (exact) mass is 199 g/mol. The second-order valence-corrected chi connectivity index (χ2v) is 3.63. The summed E-state index contributed by atoms with van der Waals surface area (Å²) in [5.74, 6) is -1.95. The van der Waals surface area contributed by atoms with Gasteiger partial charge in [-0.05, 0) is 30.5 Å². The van der Waals surface area contributed by atoms with Crippen molar-refractivity contribution >= 4 is 0 Å². The van der Waals surface area contributed by atoms with E-state index in [9.17, 15) is 8.78 Å². The summed E-state index contributed by atoms with van der Waals surface area (Å²) in [4.78, 5) is 0. The number of hydrogen-bond donors (Lipinski definition) is 1. The van der Waals surface area contributed by atoms with Crippen LogP contribution < -0.4 is 10.5 Å². The summed E-state index contributed by atoms with van der Waals surface area (Å²) in [5, 5.41) is 0. The van der Waals surface area contributed by atoms with Crippen molar-refractivity contribution in [1.82, 2.24) is 0 Å². The zero-order valence-electron chi connectivity index (χ0n) is 7.81. The molecule has 1 aliphatic rings. The Hall–Kier alpha value is -1.16. The molecule has 76 valence electrons. The summed E-state index contributed by atoms with van der Waals surface area (Å²) in [6, 6.07) is 2.61. The third kappa shape index (κ3) is 1.35. The Balaban J connectivity index is 2.48. The van der Waals surface area contributed by atoms with E-state index in [2.05, 4.69) is 0 Å². The van der Waals surface area contributed by atoms with Gasteiger partial charge in [0.1, 0.15) is 0 Å². The lowest BCUT2D eigenvalue weighted by atomic mass is 10.1. The third-order valence-corrected chi connectivity index (χ3v) is 2.58. The summed E-state index contributed by atoms with van der Waals surface area (Å²) in [7, 11) is 1.30. The van der Waals surface area contributed by atoms with Gasteiger partial charge in [-0.25, -0.2) is 4.39 Å². The van der Waals surface area contributed by atoms with Crippen molar-refractivity contribution in [2.75, 3.05) is 7.11 Å². The summed E-state index contributed by atoms with van der Waals surface area (Å²) in [5.41, 5.74) is 6.00. The highest BCUT2D eigenvalue weighted by Gasteiger charge is 2.41. The van der Waals surface area contributed by atoms with E-state index in [0.717, 1.165) is 18.9 Å². The van der Waals surface area contributed by atoms with Gasteiger partial charge in [0.2, 0.25) is 5.82 Å². The second-order valence-electron chi connectivity index (χ2n) is 3.63. The number of nitrogens with two attached hydrogens (primary N) is 1. The summed E-state index contributed by atoms with van der Waals surface area (Å²) >= 11 is 0. The van der Waals surface area contributed by atoms with E-state index in [0.29, 0.717) is 5.56 Å². The van der Waals surface area contributed by atoms with Crippen LogP contribution in [-0.4, -0.2) is 7.11 Å². The Labute approximate surface area is 80.7 Å². The number of hydrogen-bond acceptors (Lipinski definition) is 2. The molecule has 0 aliphatic heterocycles. The number of halogens is 2. The smallest absolute Gasteiger partial charge is 0.200 e. The predicted octanol–water partition coefficient (Wildman–Crippen LogP) is 1.92. The van der Waals surface area contributed by atoms with Crippen molar-refractivity contribution < 1.29 is 13.5 Å². The Kier molecular flexibility index (Phi) is 1.96. The molecule has 1 fully saturated rings. The fourth-order valence-electron chi connectivity index (χ4n) is 1.42. The first kappa shape index (κ1) is 9.40. The number of rotatable bonds is 2. The fraction of sp³-hybridized carbons (Fsp3) is 0.400. The number of benzene rings is 1. The molecule has 1 saturated carbocycles. The molecule has 2 nitrogen and oxygen atoms in total. The lowest BCUT2D eigenvalue weighted by Gasteiger charge is -2.11. The molecule has 1 aliphatic carbocycles. The minimum Gasteiger partial charge on any atom is -0.494 e. The molecule has 14 heavy (non-hydrogen) atoms. The average Bonchev–Trinajstić information content (AvgIpc) is 2.89. The van der Waals surface area contributed by atoms with E-state index < -0.39 is 17.2 Å². The van der Waals surface area contributed by atoms with Crippen molar-refractivity contribution in [2.24, 2.45) is 5.73 Å². The lowest BCUT2D eigenvalue weighted by Crippen LogP contribution is -2.19. The van der Waals surface area contributed by atoms with Gasteiger partial charge in [-0.2, -0.15) is 4.39 Å². The van der Waals surface area contributed by atoms with Crippen LogP contribution in [0.2, 0.25) is 0 Å². The molecule has 1 aromatic carbocycles. The van der Waals surface area contributed by atoms with E-state index in [4.69, 9.17) is 10.5 Å². The van der Waals surface area contributed by atoms with E-state index in [1.165, 1.54) is 13.2 Å². The number of ether oxygens (including phenoxy) is 1. The first-order valence-corrected chi connectivity index (χ1v) is 4.39. The Morgan fingerprint density at radius 3 is 2.50 bits per heavy atom. The van der Waals surface area contributed by atoms with Crippen LogP contribution in [0.3, 0.4) is 0 Å². The number of methoxy groups -OCH3 is 1. The molecule has 0 aromatic heterocycles. The Morgan fingerprint density at radius 1 is 1.36 bits per heavy atom. The summed E-state index contributed by atoms with van der Waals surface area (Å²) in [6.07, 6.45) is 1.61. The van der Waals surface area contributed by atoms with Gasteiger partial charge >= 0.3 is 0 Å². The van der Waals surface area contributed by atoms with Crippen LogP contribution in [0.25, 0.3) is 0 Å². The van der Waals surface area contributed by atoms with Crippen LogP contribution in [-0.2, 0) is 5.54 Å². The molecule has 0 heterocycles. The first-order valence-electron chi connectivity index (χ1n) is 4.39. The maximum Gasteiger partial charge on any atom is 0.200 e. The fourth-order valence-corrected chi connectivity index (χ4v) is 1.42. The average molecular weight is 199 g/mol. The van der Waals surface area contributed by atoms with E-state index >= 15 is 0 Å². The normalized spacial score (nSPS) is 18.0. The van der Waals surface area contributed by atoms with Crippen LogP contribution in [0.1, 0.15) is 18.4 Å². The van der Waals surface area contributed by atoms with Crippen molar-refractivity contribution in [3.63, 3.8) is 0 Å². The van der Waals surface area contributed by atoms with Crippen molar-refractivity contribution in [3.8, 4) is 5.75 Å². The minimum absolute atomic E-state index is 0.0864. The topological polar surface area (TPSA) is 35.2 Å². The molecule has 0 spiro atoms. The highest BCUT2D eigenvalue weighted by atomic mass is 19.2. The van der Waals surface area contributed by atoms with Crippen LogP contribution in [0.5, 0.6) is 5.75 Å². The molecule has 0 radical (unpaired) electrons. The molecule has 0 amide bonds. The molecular weight excluding hydrogens is 188 g/mol. The van der Waals surface area contributed by atoms with E-state index in [1.54, 1.807) is 0 Å². The zero-order chi connectivity index (χ0) is 10.3. The maximum absolute atomic E-state index is 13.1. The summed E-state index contributed by atoms with van der Waals surface area (Å²) in [6.45, 7) is 0. The highest BCUT2D eigenvalue weighted by Crippen LogP contribution is 2.44. The van der Waals surface area contributed by atoms with Crippen molar-refractivity contribution in [3.05, 3.63) is 29.3 Å². The predicted molar refractivity (Wildman–Crippen MR) is 48.0 cm³/mol. The van der Waals surface area contributed by atoms with Crippen molar-refractivity contribution in [1.29, 1.82) is 0 Å². The maximum atomic E-state index is 13.1. The largest absolute Gasteiger partial charge is 0.494 e. The van der Waals surface area contributed by atoms with Gasteiger partial charge in [-0.1, -0.05) is 0 Å². The molecular formula is C10H11F2NO. The molecule has 0 atom stereocenters. The van der Waals surface area contributed by atoms with Gasteiger partial charge in [0.25, 0.3) is 0 Å². The van der Waals surface area contributed by atoms with Crippen LogP contribution in [0.15, 0.2) is 12.1 Å². The summed E-state index contributed by atoms with van der Waals surface area (Å²) < 4.78 is 30.8. The second kappa shape index (κ2) is 2.92. The Bertz CT molecular complexity index is 375. The standard InChI is InChI=1S/C10H11F2NO/c1-14-8-5-6(10(13)2-3-10)4-7(11)9(8)12/h4-5H,2-3,13H2,1H3. The minimum atomic E-state index is -0.958. The quantitative estimate of drug-likeness (QED) is 0.789. The molecule has 0 bridgehead atoms. The van der Waals surface area contributed by atoms with Gasteiger partial charge < -0.3 is 10.5 Å². The van der Waals surface area contributed by atoms with Gasteiger partial charge in [0.05, 0.1) is 7.11 Å². The van der Waals surface area contributed by atoms with Gasteiger partial charge in [-0.3, -0.25) is 0 Å². The molecule has 2 rings (SSSR count). The third-order valence-electron chi connectivity index (χ3n) is 2.58. The first-order chi connectivity index (χ1) is 6.57. The Morgan fingerprint density at radius 2 is 2.00 bits per heavy atom. The van der Waals surface area contributed by atoms with Crippen LogP contribution in [0, 0.1) is 11.6 Å². The van der Waals surface area contributed by atoms with Gasteiger partial charge in [0, 0.05) is 5.54 Å². The SMILES string of the molecule is COc1cc(C2(N)CC2)cc(F)c1F. The van der Waals surface area contributed by atoms with Crippen LogP contribution in [0.4, 0.5) is 8.78 Å².